The van der Waals surface area contributed by atoms with Crippen molar-refractivity contribution in [3.63, 3.8) is 0 Å². The third kappa shape index (κ3) is 20.9. The molecule has 0 saturated carbocycles. The van der Waals surface area contributed by atoms with Crippen molar-refractivity contribution in [2.24, 2.45) is 0 Å². The third-order valence-electron chi connectivity index (χ3n) is 2.20. The number of carboxylic acids is 1. The highest BCUT2D eigenvalue weighted by Crippen LogP contribution is 2.13. The Hall–Kier alpha value is -0.450. The molecule has 0 atom stereocenters. The summed E-state index contributed by atoms with van der Waals surface area (Å²) < 4.78 is 31.7. The molecule has 0 aliphatic heterocycles. The van der Waals surface area contributed by atoms with E-state index in [4.69, 9.17) is 9.90 Å². The van der Waals surface area contributed by atoms with Gasteiger partial charge in [-0.25, -0.2) is 4.79 Å². The van der Waals surface area contributed by atoms with Gasteiger partial charge in [0.1, 0.15) is 0 Å². The summed E-state index contributed by atoms with van der Waals surface area (Å²) in [5.41, 5.74) is 0. The Morgan fingerprint density at radius 2 is 1.11 bits per heavy atom. The van der Waals surface area contributed by atoms with Crippen molar-refractivity contribution in [3.05, 3.63) is 0 Å². The van der Waals surface area contributed by atoms with E-state index in [2.05, 4.69) is 13.8 Å². The first-order chi connectivity index (χ1) is 7.86. The van der Waals surface area contributed by atoms with Crippen molar-refractivity contribution < 1.29 is 23.1 Å². The van der Waals surface area contributed by atoms with E-state index in [-0.39, 0.29) is 12.4 Å². The molecule has 0 unspecified atom stereocenters. The molecule has 0 aromatic rings. The fourth-order valence-electron chi connectivity index (χ4n) is 1.21. The molecule has 1 N–H and O–H groups in total. The van der Waals surface area contributed by atoms with Gasteiger partial charge < -0.3 is 5.11 Å². The number of halogens is 4. The summed E-state index contributed by atoms with van der Waals surface area (Å²) in [5.74, 6) is -2.76. The van der Waals surface area contributed by atoms with Gasteiger partial charge in [0.15, 0.2) is 0 Å². The SMILES string of the molecule is CCCCCCCCCC.Cl.O=C(O)C(F)(F)F. The molecule has 0 radical (unpaired) electrons. The molecule has 0 aromatic heterocycles. The molecular weight excluding hydrogens is 269 g/mol. The summed E-state index contributed by atoms with van der Waals surface area (Å²) >= 11 is 0. The first-order valence-electron chi connectivity index (χ1n) is 6.16. The van der Waals surface area contributed by atoms with E-state index in [1.54, 1.807) is 0 Å². The van der Waals surface area contributed by atoms with Gasteiger partial charge in [-0.2, -0.15) is 13.2 Å². The Balaban J connectivity index is -0.000000251. The Morgan fingerprint density at radius 3 is 1.28 bits per heavy atom. The summed E-state index contributed by atoms with van der Waals surface area (Å²) in [6, 6.07) is 0. The largest absolute Gasteiger partial charge is 0.490 e. The lowest BCUT2D eigenvalue weighted by molar-refractivity contribution is -0.192. The molecule has 0 bridgehead atoms. The van der Waals surface area contributed by atoms with E-state index >= 15 is 0 Å². The van der Waals surface area contributed by atoms with Crippen LogP contribution in [0.4, 0.5) is 13.2 Å². The van der Waals surface area contributed by atoms with Crippen LogP contribution in [-0.2, 0) is 4.79 Å². The monoisotopic (exact) mass is 292 g/mol. The van der Waals surface area contributed by atoms with Crippen LogP contribution in [0.3, 0.4) is 0 Å². The Bertz CT molecular complexity index is 177. The van der Waals surface area contributed by atoms with Crippen LogP contribution in [0.1, 0.15) is 65.2 Å². The Morgan fingerprint density at radius 1 is 0.889 bits per heavy atom. The normalized spacial score (nSPS) is 10.1. The highest BCUT2D eigenvalue weighted by Gasteiger charge is 2.38. The minimum Gasteiger partial charge on any atom is -0.475 e. The van der Waals surface area contributed by atoms with Gasteiger partial charge in [-0.1, -0.05) is 65.2 Å². The number of hydrogen-bond donors (Lipinski definition) is 1. The molecule has 112 valence electrons. The smallest absolute Gasteiger partial charge is 0.475 e. The Labute approximate surface area is 113 Å². The number of carboxylic acid groups (broad SMARTS) is 1. The minimum absolute atomic E-state index is 0. The molecule has 0 aliphatic carbocycles. The van der Waals surface area contributed by atoms with E-state index in [1.165, 1.54) is 51.4 Å². The standard InChI is InChI=1S/C10H22.C2HF3O2.ClH/c1-3-5-7-9-10-8-6-4-2;3-2(4,5)1(6)7;/h3-10H2,1-2H3;(H,6,7);1H. The quantitative estimate of drug-likeness (QED) is 0.655. The lowest BCUT2D eigenvalue weighted by atomic mass is 10.1. The van der Waals surface area contributed by atoms with Crippen molar-refractivity contribution in [3.8, 4) is 0 Å². The number of alkyl halides is 3. The van der Waals surface area contributed by atoms with E-state index in [1.807, 2.05) is 0 Å². The maximum absolute atomic E-state index is 10.6. The summed E-state index contributed by atoms with van der Waals surface area (Å²) in [6.45, 7) is 4.54. The topological polar surface area (TPSA) is 37.3 Å². The summed E-state index contributed by atoms with van der Waals surface area (Å²) in [5, 5.41) is 7.12. The maximum Gasteiger partial charge on any atom is 0.490 e. The van der Waals surface area contributed by atoms with Gasteiger partial charge in [-0.05, 0) is 0 Å². The summed E-state index contributed by atoms with van der Waals surface area (Å²) in [4.78, 5) is 8.90. The molecule has 0 heterocycles. The zero-order valence-corrected chi connectivity index (χ0v) is 11.9. The van der Waals surface area contributed by atoms with Crippen LogP contribution in [0.15, 0.2) is 0 Å². The zero-order valence-electron chi connectivity index (χ0n) is 11.1. The first-order valence-corrected chi connectivity index (χ1v) is 6.16. The maximum atomic E-state index is 10.6. The van der Waals surface area contributed by atoms with Gasteiger partial charge in [-0.15, -0.1) is 12.4 Å². The van der Waals surface area contributed by atoms with Gasteiger partial charge in [0, 0.05) is 0 Å². The van der Waals surface area contributed by atoms with E-state index in [9.17, 15) is 13.2 Å². The van der Waals surface area contributed by atoms with Gasteiger partial charge in [0.05, 0.1) is 0 Å². The predicted molar refractivity (Wildman–Crippen MR) is 69.2 cm³/mol. The highest BCUT2D eigenvalue weighted by molar-refractivity contribution is 5.85. The fourth-order valence-corrected chi connectivity index (χ4v) is 1.21. The first kappa shape index (κ1) is 22.7. The van der Waals surface area contributed by atoms with Crippen molar-refractivity contribution >= 4 is 18.4 Å². The number of unbranched alkanes of at least 4 members (excludes halogenated alkanes) is 7. The molecule has 2 nitrogen and oxygen atoms in total. The molecule has 0 aliphatic rings. The molecule has 0 fully saturated rings. The molecule has 0 amide bonds. The van der Waals surface area contributed by atoms with Gasteiger partial charge in [0.25, 0.3) is 0 Å². The van der Waals surface area contributed by atoms with Crippen LogP contribution >= 0.6 is 12.4 Å². The second-order valence-electron chi connectivity index (χ2n) is 3.92. The zero-order chi connectivity index (χ0) is 13.7. The number of aliphatic carboxylic acids is 1. The highest BCUT2D eigenvalue weighted by atomic mass is 35.5. The van der Waals surface area contributed by atoms with Crippen molar-refractivity contribution in [1.82, 2.24) is 0 Å². The fraction of sp³-hybridized carbons (Fsp3) is 0.917. The molecular formula is C12H24ClF3O2. The van der Waals surface area contributed by atoms with E-state index < -0.39 is 12.1 Å². The van der Waals surface area contributed by atoms with Crippen LogP contribution in [0.2, 0.25) is 0 Å². The average molecular weight is 293 g/mol. The minimum atomic E-state index is -5.08. The molecule has 0 spiro atoms. The van der Waals surface area contributed by atoms with Crippen LogP contribution in [0.5, 0.6) is 0 Å². The number of rotatable bonds is 7. The van der Waals surface area contributed by atoms with Gasteiger partial charge >= 0.3 is 12.1 Å². The summed E-state index contributed by atoms with van der Waals surface area (Å²) in [6.07, 6.45) is 6.38. The molecule has 0 saturated heterocycles. The van der Waals surface area contributed by atoms with E-state index in [0.717, 1.165) is 0 Å². The Kier molecular flexibility index (Phi) is 18.4. The number of hydrogen-bond acceptors (Lipinski definition) is 1. The van der Waals surface area contributed by atoms with Crippen LogP contribution in [0.25, 0.3) is 0 Å². The van der Waals surface area contributed by atoms with Crippen LogP contribution in [0, 0.1) is 0 Å². The lowest BCUT2D eigenvalue weighted by Gasteiger charge is -1.97. The van der Waals surface area contributed by atoms with Crippen molar-refractivity contribution in [2.75, 3.05) is 0 Å². The molecule has 18 heavy (non-hydrogen) atoms. The van der Waals surface area contributed by atoms with Gasteiger partial charge in [0.2, 0.25) is 0 Å². The van der Waals surface area contributed by atoms with Crippen LogP contribution < -0.4 is 0 Å². The third-order valence-corrected chi connectivity index (χ3v) is 2.20. The second kappa shape index (κ2) is 14.6. The summed E-state index contributed by atoms with van der Waals surface area (Å²) in [7, 11) is 0. The van der Waals surface area contributed by atoms with Crippen LogP contribution in [-0.4, -0.2) is 17.3 Å². The second-order valence-corrected chi connectivity index (χ2v) is 3.92. The van der Waals surface area contributed by atoms with Crippen molar-refractivity contribution in [1.29, 1.82) is 0 Å². The van der Waals surface area contributed by atoms with Gasteiger partial charge in [-0.3, -0.25) is 0 Å². The molecule has 0 rings (SSSR count). The van der Waals surface area contributed by atoms with Crippen molar-refractivity contribution in [2.45, 2.75) is 71.4 Å². The molecule has 6 heteroatoms. The predicted octanol–water partition coefficient (Wildman–Crippen LogP) is 5.20. The molecule has 0 aromatic carbocycles. The number of carbonyl (C=O) groups is 1. The lowest BCUT2D eigenvalue weighted by Crippen LogP contribution is -2.21. The van der Waals surface area contributed by atoms with E-state index in [0.29, 0.717) is 0 Å². The average Bonchev–Trinajstić information content (AvgIpc) is 2.23.